The van der Waals surface area contributed by atoms with E-state index in [0.29, 0.717) is 32.1 Å². The fraction of sp³-hybridized carbons (Fsp3) is 0.407. The van der Waals surface area contributed by atoms with Crippen molar-refractivity contribution in [3.63, 3.8) is 0 Å². The van der Waals surface area contributed by atoms with Crippen molar-refractivity contribution < 1.29 is 19.1 Å². The standard InChI is InChI=1S/C27H31FN2O3/c1-3-17-5-7-18(8-6-17)9-14-26(31)29-20-11-13-25-22(16-20)21-15-19(28)10-12-24(21)30(25)23(4-2)27(32)33/h5-8,10,12,15,20,23H,3-4,9,11,13-14,16H2,1-2H3,(H,29,31)(H,32,33)/t20-,23?/m0/s1. The highest BCUT2D eigenvalue weighted by Gasteiger charge is 2.30. The van der Waals surface area contributed by atoms with Crippen LogP contribution in [-0.2, 0) is 35.3 Å². The van der Waals surface area contributed by atoms with Gasteiger partial charge in [0.2, 0.25) is 5.91 Å². The molecule has 0 saturated carbocycles. The molecule has 2 atom stereocenters. The van der Waals surface area contributed by atoms with Gasteiger partial charge in [-0.1, -0.05) is 38.1 Å². The number of halogens is 1. The molecule has 0 saturated heterocycles. The first-order chi connectivity index (χ1) is 15.9. The number of amides is 1. The average Bonchev–Trinajstić information content (AvgIpc) is 3.11. The Morgan fingerprint density at radius 2 is 1.88 bits per heavy atom. The molecule has 0 spiro atoms. The predicted molar refractivity (Wildman–Crippen MR) is 127 cm³/mol. The number of fused-ring (bicyclic) bond motifs is 3. The summed E-state index contributed by atoms with van der Waals surface area (Å²) in [4.78, 5) is 24.5. The molecule has 1 heterocycles. The topological polar surface area (TPSA) is 71.3 Å². The minimum atomic E-state index is -0.885. The van der Waals surface area contributed by atoms with Gasteiger partial charge >= 0.3 is 5.97 Å². The van der Waals surface area contributed by atoms with E-state index >= 15 is 0 Å². The number of nitrogens with one attached hydrogen (secondary N) is 1. The smallest absolute Gasteiger partial charge is 0.326 e. The maximum atomic E-state index is 14.1. The summed E-state index contributed by atoms with van der Waals surface area (Å²) < 4.78 is 15.9. The minimum Gasteiger partial charge on any atom is -0.480 e. The Labute approximate surface area is 193 Å². The number of carboxylic acids is 1. The number of benzene rings is 2. The molecule has 0 bridgehead atoms. The van der Waals surface area contributed by atoms with Crippen LogP contribution in [0.4, 0.5) is 4.39 Å². The number of rotatable bonds is 8. The zero-order chi connectivity index (χ0) is 23.5. The van der Waals surface area contributed by atoms with E-state index in [2.05, 4.69) is 36.5 Å². The molecule has 0 aliphatic heterocycles. The number of hydrogen-bond donors (Lipinski definition) is 2. The maximum Gasteiger partial charge on any atom is 0.326 e. The van der Waals surface area contributed by atoms with Crippen molar-refractivity contribution in [1.82, 2.24) is 9.88 Å². The van der Waals surface area contributed by atoms with E-state index in [-0.39, 0.29) is 17.8 Å². The van der Waals surface area contributed by atoms with E-state index in [1.54, 1.807) is 6.07 Å². The average molecular weight is 451 g/mol. The van der Waals surface area contributed by atoms with Crippen molar-refractivity contribution in [3.8, 4) is 0 Å². The lowest BCUT2D eigenvalue weighted by Gasteiger charge is -2.26. The summed E-state index contributed by atoms with van der Waals surface area (Å²) in [7, 11) is 0. The molecule has 33 heavy (non-hydrogen) atoms. The summed E-state index contributed by atoms with van der Waals surface area (Å²) in [6.07, 6.45) is 4.52. The van der Waals surface area contributed by atoms with Gasteiger partial charge in [-0.25, -0.2) is 9.18 Å². The van der Waals surface area contributed by atoms with Crippen LogP contribution in [0.25, 0.3) is 10.9 Å². The number of nitrogens with zero attached hydrogens (tertiary/aromatic N) is 1. The highest BCUT2D eigenvalue weighted by molar-refractivity contribution is 5.88. The van der Waals surface area contributed by atoms with E-state index in [1.165, 1.54) is 17.7 Å². The largest absolute Gasteiger partial charge is 0.480 e. The first kappa shape index (κ1) is 23.0. The summed E-state index contributed by atoms with van der Waals surface area (Å²) >= 11 is 0. The van der Waals surface area contributed by atoms with E-state index in [9.17, 15) is 19.1 Å². The Morgan fingerprint density at radius 1 is 1.15 bits per heavy atom. The number of carbonyl (C=O) groups is 2. The second kappa shape index (κ2) is 9.77. The lowest BCUT2D eigenvalue weighted by molar-refractivity contribution is -0.141. The normalized spacial score (nSPS) is 16.4. The number of carbonyl (C=O) groups excluding carboxylic acids is 1. The van der Waals surface area contributed by atoms with Crippen molar-refractivity contribution in [2.24, 2.45) is 0 Å². The van der Waals surface area contributed by atoms with Gasteiger partial charge in [0.1, 0.15) is 11.9 Å². The summed E-state index contributed by atoms with van der Waals surface area (Å²) in [5, 5.41) is 13.7. The number of aromatic nitrogens is 1. The van der Waals surface area contributed by atoms with Gasteiger partial charge in [0, 0.05) is 29.1 Å². The lowest BCUT2D eigenvalue weighted by Crippen LogP contribution is -2.39. The zero-order valence-corrected chi connectivity index (χ0v) is 19.2. The number of carboxylic acid groups (broad SMARTS) is 1. The van der Waals surface area contributed by atoms with Gasteiger partial charge in [-0.05, 0) is 73.4 Å². The minimum absolute atomic E-state index is 0.00917. The van der Waals surface area contributed by atoms with Crippen molar-refractivity contribution in [2.75, 3.05) is 0 Å². The van der Waals surface area contributed by atoms with Crippen LogP contribution in [0.2, 0.25) is 0 Å². The Morgan fingerprint density at radius 3 is 2.55 bits per heavy atom. The highest BCUT2D eigenvalue weighted by atomic mass is 19.1. The number of aryl methyl sites for hydroxylation is 2. The highest BCUT2D eigenvalue weighted by Crippen LogP contribution is 2.36. The zero-order valence-electron chi connectivity index (χ0n) is 19.2. The molecule has 2 aromatic carbocycles. The van der Waals surface area contributed by atoms with Crippen LogP contribution in [0.1, 0.15) is 61.5 Å². The van der Waals surface area contributed by atoms with Crippen LogP contribution in [0.15, 0.2) is 42.5 Å². The molecule has 1 aliphatic carbocycles. The molecule has 1 unspecified atom stereocenters. The molecule has 1 aliphatic rings. The second-order valence-corrected chi connectivity index (χ2v) is 8.90. The van der Waals surface area contributed by atoms with Crippen LogP contribution in [0.3, 0.4) is 0 Å². The van der Waals surface area contributed by atoms with Crippen LogP contribution in [0, 0.1) is 5.82 Å². The molecule has 1 amide bonds. The van der Waals surface area contributed by atoms with E-state index in [0.717, 1.165) is 40.6 Å². The van der Waals surface area contributed by atoms with E-state index < -0.39 is 12.0 Å². The molecular formula is C27H31FN2O3. The van der Waals surface area contributed by atoms with Gasteiger partial charge in [0.05, 0.1) is 0 Å². The van der Waals surface area contributed by atoms with Crippen molar-refractivity contribution in [1.29, 1.82) is 0 Å². The molecular weight excluding hydrogens is 419 g/mol. The third kappa shape index (κ3) is 4.80. The number of hydrogen-bond acceptors (Lipinski definition) is 2. The van der Waals surface area contributed by atoms with Crippen LogP contribution < -0.4 is 5.32 Å². The molecule has 3 aromatic rings. The van der Waals surface area contributed by atoms with Crippen molar-refractivity contribution in [3.05, 3.63) is 70.7 Å². The molecule has 2 N–H and O–H groups in total. The van der Waals surface area contributed by atoms with Crippen molar-refractivity contribution >= 4 is 22.8 Å². The van der Waals surface area contributed by atoms with Crippen LogP contribution in [-0.4, -0.2) is 27.6 Å². The third-order valence-corrected chi connectivity index (χ3v) is 6.78. The van der Waals surface area contributed by atoms with Crippen LogP contribution >= 0.6 is 0 Å². The second-order valence-electron chi connectivity index (χ2n) is 8.90. The van der Waals surface area contributed by atoms with Crippen LogP contribution in [0.5, 0.6) is 0 Å². The SMILES string of the molecule is CCc1ccc(CCC(=O)N[C@H]2CCc3c(c4cc(F)ccc4n3C(CC)C(=O)O)C2)cc1. The Balaban J connectivity index is 1.50. The summed E-state index contributed by atoms with van der Waals surface area (Å²) in [6.45, 7) is 3.97. The van der Waals surface area contributed by atoms with Gasteiger partial charge in [-0.15, -0.1) is 0 Å². The molecule has 0 radical (unpaired) electrons. The number of aliphatic carboxylic acids is 1. The molecule has 6 heteroatoms. The molecule has 1 aromatic heterocycles. The van der Waals surface area contributed by atoms with Gasteiger partial charge < -0.3 is 15.0 Å². The van der Waals surface area contributed by atoms with Gasteiger partial charge in [-0.3, -0.25) is 4.79 Å². The third-order valence-electron chi connectivity index (χ3n) is 6.78. The summed E-state index contributed by atoms with van der Waals surface area (Å²) in [5.74, 6) is -1.22. The Hall–Kier alpha value is -3.15. The van der Waals surface area contributed by atoms with Gasteiger partial charge in [0.15, 0.2) is 0 Å². The summed E-state index contributed by atoms with van der Waals surface area (Å²) in [6, 6.07) is 12.2. The van der Waals surface area contributed by atoms with Gasteiger partial charge in [0.25, 0.3) is 0 Å². The molecule has 0 fully saturated rings. The van der Waals surface area contributed by atoms with Gasteiger partial charge in [-0.2, -0.15) is 0 Å². The predicted octanol–water partition coefficient (Wildman–Crippen LogP) is 4.98. The summed E-state index contributed by atoms with van der Waals surface area (Å²) in [5.41, 5.74) is 5.08. The Kier molecular flexibility index (Phi) is 6.82. The monoisotopic (exact) mass is 450 g/mol. The Bertz CT molecular complexity index is 1170. The van der Waals surface area contributed by atoms with Crippen molar-refractivity contribution in [2.45, 2.75) is 70.9 Å². The van der Waals surface area contributed by atoms with E-state index in [1.807, 2.05) is 11.5 Å². The lowest BCUT2D eigenvalue weighted by atomic mass is 9.91. The first-order valence-electron chi connectivity index (χ1n) is 11.8. The fourth-order valence-electron chi connectivity index (χ4n) is 5.01. The van der Waals surface area contributed by atoms with E-state index in [4.69, 9.17) is 0 Å². The molecule has 5 nitrogen and oxygen atoms in total. The quantitative estimate of drug-likeness (QED) is 0.508. The molecule has 174 valence electrons. The molecule has 4 rings (SSSR count). The first-order valence-corrected chi connectivity index (χ1v) is 11.8. The fourth-order valence-corrected chi connectivity index (χ4v) is 5.01. The maximum absolute atomic E-state index is 14.1.